The van der Waals surface area contributed by atoms with E-state index in [2.05, 4.69) is 32.4 Å². The second-order valence-electron chi connectivity index (χ2n) is 6.00. The van der Waals surface area contributed by atoms with Gasteiger partial charge in [-0.2, -0.15) is 0 Å². The summed E-state index contributed by atoms with van der Waals surface area (Å²) in [5, 5.41) is 0. The van der Waals surface area contributed by atoms with Gasteiger partial charge in [-0.15, -0.1) is 0 Å². The Kier molecular flexibility index (Phi) is 3.79. The van der Waals surface area contributed by atoms with Crippen LogP contribution < -0.4 is 0 Å². The molecule has 3 aromatic rings. The number of likely N-dealkylation sites (tertiary alicyclic amines) is 1. The fourth-order valence-corrected chi connectivity index (χ4v) is 3.55. The van der Waals surface area contributed by atoms with Gasteiger partial charge in [0.2, 0.25) is 0 Å². The molecule has 0 radical (unpaired) electrons. The smallest absolute Gasteiger partial charge is 0.161 e. The molecule has 1 saturated heterocycles. The molecule has 23 heavy (non-hydrogen) atoms. The standard InChI is InChI=1S/C18H21N5/c1-2-22-12-4-3-9-16(22)23-17(14-7-5-10-19-13-14)21-15-8-6-11-20-18(15)23/h5-8,10-11,13,16H,2-4,9,12H2,1H3. The van der Waals surface area contributed by atoms with E-state index in [4.69, 9.17) is 4.98 Å². The molecule has 0 aromatic carbocycles. The highest BCUT2D eigenvalue weighted by Crippen LogP contribution is 2.33. The van der Waals surface area contributed by atoms with Crippen LogP contribution in [0, 0.1) is 0 Å². The molecule has 5 heteroatoms. The Bertz CT molecular complexity index is 796. The summed E-state index contributed by atoms with van der Waals surface area (Å²) < 4.78 is 2.31. The van der Waals surface area contributed by atoms with E-state index >= 15 is 0 Å². The molecule has 0 spiro atoms. The number of pyridine rings is 2. The number of rotatable bonds is 3. The largest absolute Gasteiger partial charge is 0.292 e. The lowest BCUT2D eigenvalue weighted by Crippen LogP contribution is -2.37. The molecule has 0 saturated carbocycles. The van der Waals surface area contributed by atoms with Gasteiger partial charge in [0.05, 0.1) is 6.17 Å². The molecule has 1 fully saturated rings. The van der Waals surface area contributed by atoms with Gasteiger partial charge in [-0.3, -0.25) is 14.5 Å². The van der Waals surface area contributed by atoms with Crippen molar-refractivity contribution < 1.29 is 0 Å². The van der Waals surface area contributed by atoms with Crippen LogP contribution in [0.25, 0.3) is 22.6 Å². The van der Waals surface area contributed by atoms with Crippen LogP contribution in [-0.2, 0) is 0 Å². The minimum Gasteiger partial charge on any atom is -0.292 e. The Morgan fingerprint density at radius 3 is 2.91 bits per heavy atom. The van der Waals surface area contributed by atoms with E-state index < -0.39 is 0 Å². The Balaban J connectivity index is 1.92. The number of hydrogen-bond donors (Lipinski definition) is 0. The lowest BCUT2D eigenvalue weighted by Gasteiger charge is -2.36. The molecule has 0 N–H and O–H groups in total. The highest BCUT2D eigenvalue weighted by atomic mass is 15.3. The third-order valence-electron chi connectivity index (χ3n) is 4.65. The summed E-state index contributed by atoms with van der Waals surface area (Å²) in [6, 6.07) is 8.03. The Morgan fingerprint density at radius 2 is 2.09 bits per heavy atom. The van der Waals surface area contributed by atoms with Crippen molar-refractivity contribution in [2.45, 2.75) is 32.4 Å². The second kappa shape index (κ2) is 6.08. The number of fused-ring (bicyclic) bond motifs is 1. The van der Waals surface area contributed by atoms with Gasteiger partial charge < -0.3 is 0 Å². The molecule has 118 valence electrons. The topological polar surface area (TPSA) is 46.8 Å². The van der Waals surface area contributed by atoms with Crippen molar-refractivity contribution in [3.05, 3.63) is 42.9 Å². The summed E-state index contributed by atoms with van der Waals surface area (Å²) in [7, 11) is 0. The van der Waals surface area contributed by atoms with Gasteiger partial charge in [0.1, 0.15) is 11.3 Å². The maximum Gasteiger partial charge on any atom is 0.161 e. The van der Waals surface area contributed by atoms with E-state index in [0.29, 0.717) is 6.17 Å². The minimum absolute atomic E-state index is 0.323. The fourth-order valence-electron chi connectivity index (χ4n) is 3.55. The molecule has 0 amide bonds. The summed E-state index contributed by atoms with van der Waals surface area (Å²) in [6.45, 7) is 4.42. The highest BCUT2D eigenvalue weighted by Gasteiger charge is 2.27. The Morgan fingerprint density at radius 1 is 1.17 bits per heavy atom. The first-order valence-electron chi connectivity index (χ1n) is 8.36. The first-order chi connectivity index (χ1) is 11.4. The molecule has 1 aliphatic rings. The summed E-state index contributed by atoms with van der Waals surface area (Å²) >= 11 is 0. The summed E-state index contributed by atoms with van der Waals surface area (Å²) in [5.74, 6) is 0.970. The zero-order valence-corrected chi connectivity index (χ0v) is 13.4. The summed E-state index contributed by atoms with van der Waals surface area (Å²) in [6.07, 6.45) is 9.52. The van der Waals surface area contributed by atoms with Crippen molar-refractivity contribution in [3.8, 4) is 11.4 Å². The van der Waals surface area contributed by atoms with Crippen molar-refractivity contribution >= 4 is 11.2 Å². The lowest BCUT2D eigenvalue weighted by atomic mass is 10.1. The maximum atomic E-state index is 4.86. The molecule has 0 bridgehead atoms. The molecule has 3 aromatic heterocycles. The SMILES string of the molecule is CCN1CCCCC1n1c(-c2cccnc2)nc2cccnc21. The van der Waals surface area contributed by atoms with Crippen LogP contribution in [0.2, 0.25) is 0 Å². The van der Waals surface area contributed by atoms with Gasteiger partial charge in [-0.25, -0.2) is 9.97 Å². The maximum absolute atomic E-state index is 4.86. The minimum atomic E-state index is 0.323. The van der Waals surface area contributed by atoms with Crippen LogP contribution >= 0.6 is 0 Å². The van der Waals surface area contributed by atoms with Gasteiger partial charge in [0.25, 0.3) is 0 Å². The lowest BCUT2D eigenvalue weighted by molar-refractivity contribution is 0.106. The fraction of sp³-hybridized carbons (Fsp3) is 0.389. The Hall–Kier alpha value is -2.27. The molecule has 4 heterocycles. The van der Waals surface area contributed by atoms with E-state index in [0.717, 1.165) is 42.1 Å². The average molecular weight is 307 g/mol. The van der Waals surface area contributed by atoms with Crippen LogP contribution in [0.5, 0.6) is 0 Å². The van der Waals surface area contributed by atoms with E-state index in [1.807, 2.05) is 30.6 Å². The monoisotopic (exact) mass is 307 g/mol. The van der Waals surface area contributed by atoms with Crippen LogP contribution in [0.4, 0.5) is 0 Å². The average Bonchev–Trinajstić information content (AvgIpc) is 3.02. The molecule has 5 nitrogen and oxygen atoms in total. The van der Waals surface area contributed by atoms with Gasteiger partial charge in [0.15, 0.2) is 5.65 Å². The third-order valence-corrected chi connectivity index (χ3v) is 4.65. The number of imidazole rings is 1. The molecule has 1 atom stereocenters. The zero-order chi connectivity index (χ0) is 15.6. The van der Waals surface area contributed by atoms with E-state index in [1.54, 1.807) is 6.20 Å². The summed E-state index contributed by atoms with van der Waals surface area (Å²) in [5.41, 5.74) is 2.97. The number of nitrogens with zero attached hydrogens (tertiary/aromatic N) is 5. The molecular weight excluding hydrogens is 286 g/mol. The van der Waals surface area contributed by atoms with Crippen LogP contribution in [-0.4, -0.2) is 37.5 Å². The number of hydrogen-bond acceptors (Lipinski definition) is 4. The van der Waals surface area contributed by atoms with Crippen molar-refractivity contribution in [3.63, 3.8) is 0 Å². The molecule has 1 unspecified atom stereocenters. The highest BCUT2D eigenvalue weighted by molar-refractivity contribution is 5.77. The summed E-state index contributed by atoms with van der Waals surface area (Å²) in [4.78, 5) is 16.3. The van der Waals surface area contributed by atoms with Gasteiger partial charge in [-0.1, -0.05) is 6.92 Å². The van der Waals surface area contributed by atoms with E-state index in [-0.39, 0.29) is 0 Å². The molecule has 1 aliphatic heterocycles. The van der Waals surface area contributed by atoms with Crippen molar-refractivity contribution in [1.82, 2.24) is 24.4 Å². The van der Waals surface area contributed by atoms with Gasteiger partial charge in [0, 0.05) is 30.7 Å². The van der Waals surface area contributed by atoms with Crippen molar-refractivity contribution in [2.75, 3.05) is 13.1 Å². The van der Waals surface area contributed by atoms with Crippen molar-refractivity contribution in [1.29, 1.82) is 0 Å². The first-order valence-corrected chi connectivity index (χ1v) is 8.36. The zero-order valence-electron chi connectivity index (χ0n) is 13.4. The van der Waals surface area contributed by atoms with Crippen LogP contribution in [0.15, 0.2) is 42.9 Å². The molecule has 4 rings (SSSR count). The Labute approximate surface area is 136 Å². The number of piperidine rings is 1. The van der Waals surface area contributed by atoms with Crippen LogP contribution in [0.1, 0.15) is 32.4 Å². The van der Waals surface area contributed by atoms with Crippen LogP contribution in [0.3, 0.4) is 0 Å². The second-order valence-corrected chi connectivity index (χ2v) is 6.00. The van der Waals surface area contributed by atoms with Gasteiger partial charge in [-0.05, 0) is 50.1 Å². The number of aromatic nitrogens is 4. The van der Waals surface area contributed by atoms with E-state index in [1.165, 1.54) is 12.8 Å². The first kappa shape index (κ1) is 14.3. The molecular formula is C18H21N5. The van der Waals surface area contributed by atoms with E-state index in [9.17, 15) is 0 Å². The van der Waals surface area contributed by atoms with Crippen molar-refractivity contribution in [2.24, 2.45) is 0 Å². The quantitative estimate of drug-likeness (QED) is 0.743. The predicted molar refractivity (Wildman–Crippen MR) is 90.9 cm³/mol. The third kappa shape index (κ3) is 2.51. The predicted octanol–water partition coefficient (Wildman–Crippen LogP) is 3.50. The normalized spacial score (nSPS) is 19.3. The molecule has 0 aliphatic carbocycles. The van der Waals surface area contributed by atoms with Gasteiger partial charge >= 0.3 is 0 Å².